The van der Waals surface area contributed by atoms with Crippen molar-refractivity contribution >= 4 is 36.5 Å². The first-order valence-corrected chi connectivity index (χ1v) is 7.45. The number of hydrogen-bond donors (Lipinski definition) is 2. The first kappa shape index (κ1) is 21.9. The van der Waals surface area contributed by atoms with E-state index >= 15 is 0 Å². The van der Waals surface area contributed by atoms with Crippen LogP contribution in [0.4, 0.5) is 5.82 Å². The van der Waals surface area contributed by atoms with Crippen LogP contribution in [0.2, 0.25) is 0 Å². The molecule has 0 aromatic carbocycles. The lowest BCUT2D eigenvalue weighted by atomic mass is 10.2. The highest BCUT2D eigenvalue weighted by atomic mass is 35.5. The average molecular weight is 364 g/mol. The van der Waals surface area contributed by atoms with Gasteiger partial charge in [-0.1, -0.05) is 0 Å². The maximum Gasteiger partial charge on any atom is 0.251 e. The van der Waals surface area contributed by atoms with Gasteiger partial charge in [0.1, 0.15) is 5.82 Å². The van der Waals surface area contributed by atoms with E-state index in [-0.39, 0.29) is 36.8 Å². The summed E-state index contributed by atoms with van der Waals surface area (Å²) in [6, 6.07) is 3.90. The minimum absolute atomic E-state index is 0. The Bertz CT molecular complexity index is 481. The summed E-state index contributed by atoms with van der Waals surface area (Å²) in [6.45, 7) is 6.59. The molecule has 2 heterocycles. The number of rotatable bonds is 5. The number of anilines is 1. The Morgan fingerprint density at radius 1 is 1.30 bits per heavy atom. The highest BCUT2D eigenvalue weighted by Gasteiger charge is 2.16. The topological polar surface area (TPSA) is 60.5 Å². The second-order valence-corrected chi connectivity index (χ2v) is 5.59. The number of halogens is 2. The lowest BCUT2D eigenvalue weighted by Crippen LogP contribution is -2.45. The minimum atomic E-state index is -0.0464. The SMILES string of the molecule is CNC(C)CNC(=O)c1ccnc(N2CCN(C)CC2)c1.Cl.Cl. The number of pyridine rings is 1. The van der Waals surface area contributed by atoms with Gasteiger partial charge in [-0.3, -0.25) is 4.79 Å². The van der Waals surface area contributed by atoms with Crippen LogP contribution in [-0.2, 0) is 0 Å². The molecule has 0 spiro atoms. The molecule has 2 rings (SSSR count). The molecule has 0 bridgehead atoms. The molecule has 1 aliphatic rings. The molecular weight excluding hydrogens is 337 g/mol. The van der Waals surface area contributed by atoms with Crippen LogP contribution in [0, 0.1) is 0 Å². The van der Waals surface area contributed by atoms with Crippen molar-refractivity contribution in [3.05, 3.63) is 23.9 Å². The van der Waals surface area contributed by atoms with Crippen molar-refractivity contribution in [3.63, 3.8) is 0 Å². The number of amides is 1. The van der Waals surface area contributed by atoms with Gasteiger partial charge in [0.15, 0.2) is 0 Å². The summed E-state index contributed by atoms with van der Waals surface area (Å²) in [4.78, 5) is 21.1. The van der Waals surface area contributed by atoms with Crippen molar-refractivity contribution in [2.24, 2.45) is 0 Å². The Hall–Kier alpha value is -1.08. The quantitative estimate of drug-likeness (QED) is 0.817. The molecule has 1 saturated heterocycles. The molecule has 8 heteroatoms. The first-order valence-electron chi connectivity index (χ1n) is 7.45. The van der Waals surface area contributed by atoms with E-state index in [1.807, 2.05) is 20.0 Å². The van der Waals surface area contributed by atoms with Gasteiger partial charge in [-0.15, -0.1) is 24.8 Å². The average Bonchev–Trinajstić information content (AvgIpc) is 2.53. The van der Waals surface area contributed by atoms with Gasteiger partial charge in [-0.25, -0.2) is 4.98 Å². The largest absolute Gasteiger partial charge is 0.354 e. The second-order valence-electron chi connectivity index (χ2n) is 5.59. The maximum atomic E-state index is 12.2. The van der Waals surface area contributed by atoms with E-state index in [0.717, 1.165) is 32.0 Å². The number of carbonyl (C=O) groups excluding carboxylic acids is 1. The van der Waals surface area contributed by atoms with Gasteiger partial charge in [-0.05, 0) is 33.2 Å². The fourth-order valence-corrected chi connectivity index (χ4v) is 2.22. The van der Waals surface area contributed by atoms with E-state index < -0.39 is 0 Å². The van der Waals surface area contributed by atoms with Crippen molar-refractivity contribution in [2.75, 3.05) is 51.7 Å². The number of aromatic nitrogens is 1. The highest BCUT2D eigenvalue weighted by molar-refractivity contribution is 5.94. The molecule has 1 aliphatic heterocycles. The summed E-state index contributed by atoms with van der Waals surface area (Å²) in [5, 5.41) is 6.03. The fourth-order valence-electron chi connectivity index (χ4n) is 2.22. The molecular formula is C15H27Cl2N5O. The standard InChI is InChI=1S/C15H25N5O.2ClH/c1-12(16-2)11-18-15(21)13-4-5-17-14(10-13)20-8-6-19(3)7-9-20;;/h4-5,10,12,16H,6-9,11H2,1-3H3,(H,18,21);2*1H. The summed E-state index contributed by atoms with van der Waals surface area (Å²) in [5.74, 6) is 0.840. The summed E-state index contributed by atoms with van der Waals surface area (Å²) >= 11 is 0. The lowest BCUT2D eigenvalue weighted by molar-refractivity contribution is 0.0950. The Kier molecular flexibility index (Phi) is 10.1. The molecule has 6 nitrogen and oxygen atoms in total. The second kappa shape index (κ2) is 10.6. The maximum absolute atomic E-state index is 12.2. The zero-order valence-corrected chi connectivity index (χ0v) is 15.5. The van der Waals surface area contributed by atoms with Crippen LogP contribution in [0.3, 0.4) is 0 Å². The van der Waals surface area contributed by atoms with Crippen LogP contribution in [0.25, 0.3) is 0 Å². The molecule has 2 N–H and O–H groups in total. The van der Waals surface area contributed by atoms with Gasteiger partial charge >= 0.3 is 0 Å². The molecule has 0 saturated carbocycles. The summed E-state index contributed by atoms with van der Waals surface area (Å²) in [7, 11) is 4.01. The Morgan fingerprint density at radius 2 is 1.96 bits per heavy atom. The van der Waals surface area contributed by atoms with Gasteiger partial charge in [0.2, 0.25) is 0 Å². The van der Waals surface area contributed by atoms with Crippen LogP contribution in [0.1, 0.15) is 17.3 Å². The third-order valence-electron chi connectivity index (χ3n) is 3.90. The van der Waals surface area contributed by atoms with Crippen molar-refractivity contribution in [2.45, 2.75) is 13.0 Å². The Labute approximate surface area is 150 Å². The molecule has 1 amide bonds. The van der Waals surface area contributed by atoms with Gasteiger partial charge in [0.05, 0.1) is 0 Å². The van der Waals surface area contributed by atoms with Crippen molar-refractivity contribution < 1.29 is 4.79 Å². The van der Waals surface area contributed by atoms with Crippen LogP contribution >= 0.6 is 24.8 Å². The number of nitrogens with one attached hydrogen (secondary N) is 2. The van der Waals surface area contributed by atoms with Crippen molar-refractivity contribution in [1.82, 2.24) is 20.5 Å². The highest BCUT2D eigenvalue weighted by Crippen LogP contribution is 2.14. The molecule has 0 radical (unpaired) electrons. The molecule has 1 fully saturated rings. The van der Waals surface area contributed by atoms with E-state index in [9.17, 15) is 4.79 Å². The monoisotopic (exact) mass is 363 g/mol. The fraction of sp³-hybridized carbons (Fsp3) is 0.600. The third-order valence-corrected chi connectivity index (χ3v) is 3.90. The van der Waals surface area contributed by atoms with Crippen LogP contribution in [0.15, 0.2) is 18.3 Å². The van der Waals surface area contributed by atoms with Gasteiger partial charge in [0.25, 0.3) is 5.91 Å². The normalized spacial score (nSPS) is 16.0. The van der Waals surface area contributed by atoms with Crippen LogP contribution in [0.5, 0.6) is 0 Å². The molecule has 1 unspecified atom stereocenters. The number of piperazine rings is 1. The third kappa shape index (κ3) is 6.51. The van der Waals surface area contributed by atoms with E-state index in [4.69, 9.17) is 0 Å². The van der Waals surface area contributed by atoms with E-state index in [1.165, 1.54) is 0 Å². The predicted molar refractivity (Wildman–Crippen MR) is 99.3 cm³/mol. The van der Waals surface area contributed by atoms with E-state index in [2.05, 4.69) is 32.5 Å². The lowest BCUT2D eigenvalue weighted by Gasteiger charge is -2.33. The predicted octanol–water partition coefficient (Wildman–Crippen LogP) is 1.01. The summed E-state index contributed by atoms with van der Waals surface area (Å²) in [6.07, 6.45) is 1.71. The number of nitrogens with zero attached hydrogens (tertiary/aromatic N) is 3. The van der Waals surface area contributed by atoms with Gasteiger partial charge in [0, 0.05) is 50.5 Å². The van der Waals surface area contributed by atoms with Crippen molar-refractivity contribution in [3.8, 4) is 0 Å². The van der Waals surface area contributed by atoms with E-state index in [0.29, 0.717) is 12.1 Å². The molecule has 23 heavy (non-hydrogen) atoms. The molecule has 1 aromatic rings. The van der Waals surface area contributed by atoms with Crippen LogP contribution < -0.4 is 15.5 Å². The molecule has 1 aromatic heterocycles. The Balaban J connectivity index is 0.00000242. The Morgan fingerprint density at radius 3 is 2.57 bits per heavy atom. The molecule has 132 valence electrons. The number of likely N-dealkylation sites (N-methyl/N-ethyl adjacent to an activating group) is 2. The van der Waals surface area contributed by atoms with E-state index in [1.54, 1.807) is 12.3 Å². The van der Waals surface area contributed by atoms with Gasteiger partial charge < -0.3 is 20.4 Å². The summed E-state index contributed by atoms with van der Waals surface area (Å²) in [5.41, 5.74) is 0.669. The zero-order chi connectivity index (χ0) is 15.2. The molecule has 0 aliphatic carbocycles. The van der Waals surface area contributed by atoms with Gasteiger partial charge in [-0.2, -0.15) is 0 Å². The van der Waals surface area contributed by atoms with Crippen molar-refractivity contribution in [1.29, 1.82) is 0 Å². The summed E-state index contributed by atoms with van der Waals surface area (Å²) < 4.78 is 0. The minimum Gasteiger partial charge on any atom is -0.354 e. The number of hydrogen-bond acceptors (Lipinski definition) is 5. The smallest absolute Gasteiger partial charge is 0.251 e. The number of carbonyl (C=O) groups is 1. The zero-order valence-electron chi connectivity index (χ0n) is 13.9. The van der Waals surface area contributed by atoms with Crippen LogP contribution in [-0.4, -0.2) is 68.7 Å². The molecule has 1 atom stereocenters. The first-order chi connectivity index (χ1) is 10.1.